The normalized spacial score (nSPS) is 13.4. The van der Waals surface area contributed by atoms with Gasteiger partial charge in [0.15, 0.2) is 0 Å². The van der Waals surface area contributed by atoms with Crippen molar-refractivity contribution in [3.63, 3.8) is 0 Å². The molecular weight excluding hydrogens is 482 g/mol. The molecule has 1 atom stereocenters. The summed E-state index contributed by atoms with van der Waals surface area (Å²) in [6.45, 7) is 1.53. The molecule has 1 aliphatic heterocycles. The van der Waals surface area contributed by atoms with Crippen LogP contribution in [0.3, 0.4) is 0 Å². The molecule has 0 spiro atoms. The third-order valence-corrected chi connectivity index (χ3v) is 6.75. The van der Waals surface area contributed by atoms with Crippen molar-refractivity contribution in [2.24, 2.45) is 7.05 Å². The monoisotopic (exact) mass is 513 g/mol. The van der Waals surface area contributed by atoms with Gasteiger partial charge in [-0.05, 0) is 73.2 Å². The average Bonchev–Trinajstić information content (AvgIpc) is 3.31. The largest absolute Gasteiger partial charge is 0.494 e. The minimum Gasteiger partial charge on any atom is -0.494 e. The lowest BCUT2D eigenvalue weighted by Crippen LogP contribution is -2.42. The van der Waals surface area contributed by atoms with Crippen LogP contribution in [0.1, 0.15) is 40.0 Å². The summed E-state index contributed by atoms with van der Waals surface area (Å²) in [4.78, 5) is 33.6. The van der Waals surface area contributed by atoms with Crippen LogP contribution in [0.4, 0.5) is 5.82 Å². The highest BCUT2D eigenvalue weighted by Crippen LogP contribution is 2.21. The molecule has 0 bridgehead atoms. The molecule has 38 heavy (non-hydrogen) atoms. The maximum absolute atomic E-state index is 12.8. The number of carboxylic acid groups (broad SMARTS) is 1. The standard InChI is InChI=1S/C29H31N5O4/c1-34-18-31-24-13-9-21(17-26(24)34)28(35)33-25(29(36)37)16-19-6-11-23(12-7-19)38-15-3-5-22-10-8-20-4-2-14-30-27(20)32-22/h6-13,17-18,25H,2-5,14-16H2,1H3,(H,30,32)(H,33,35)(H,36,37)/t25-/m0/s1. The van der Waals surface area contributed by atoms with Crippen molar-refractivity contribution in [3.05, 3.63) is 83.3 Å². The Kier molecular flexibility index (Phi) is 7.53. The van der Waals surface area contributed by atoms with Crippen LogP contribution in [-0.4, -0.2) is 50.7 Å². The number of anilines is 1. The molecule has 5 rings (SSSR count). The molecule has 0 aliphatic carbocycles. The quantitative estimate of drug-likeness (QED) is 0.276. The lowest BCUT2D eigenvalue weighted by Gasteiger charge is -2.17. The van der Waals surface area contributed by atoms with E-state index in [4.69, 9.17) is 9.72 Å². The van der Waals surface area contributed by atoms with Crippen molar-refractivity contribution < 1.29 is 19.4 Å². The molecule has 3 heterocycles. The summed E-state index contributed by atoms with van der Waals surface area (Å²) in [6.07, 6.45) is 5.73. The number of aryl methyl sites for hydroxylation is 3. The van der Waals surface area contributed by atoms with E-state index in [9.17, 15) is 14.7 Å². The summed E-state index contributed by atoms with van der Waals surface area (Å²) < 4.78 is 7.68. The van der Waals surface area contributed by atoms with Crippen LogP contribution in [0.15, 0.2) is 60.9 Å². The molecular formula is C29H31N5O4. The fourth-order valence-corrected chi connectivity index (χ4v) is 4.62. The Hall–Kier alpha value is -4.40. The van der Waals surface area contributed by atoms with Crippen LogP contribution < -0.4 is 15.4 Å². The summed E-state index contributed by atoms with van der Waals surface area (Å²) in [6, 6.07) is 15.6. The fraction of sp³-hybridized carbons (Fsp3) is 0.310. The van der Waals surface area contributed by atoms with E-state index in [0.29, 0.717) is 17.9 Å². The molecule has 0 fully saturated rings. The second kappa shape index (κ2) is 11.3. The molecule has 2 aromatic carbocycles. The van der Waals surface area contributed by atoms with Crippen molar-refractivity contribution in [2.45, 2.75) is 38.1 Å². The van der Waals surface area contributed by atoms with Gasteiger partial charge in [-0.15, -0.1) is 0 Å². The number of hydrogen-bond acceptors (Lipinski definition) is 6. The molecule has 196 valence electrons. The van der Waals surface area contributed by atoms with Gasteiger partial charge in [0.2, 0.25) is 0 Å². The average molecular weight is 514 g/mol. The molecule has 0 saturated heterocycles. The maximum Gasteiger partial charge on any atom is 0.326 e. The van der Waals surface area contributed by atoms with Crippen LogP contribution in [0, 0.1) is 0 Å². The Bertz CT molecular complexity index is 1450. The molecule has 0 saturated carbocycles. The Morgan fingerprint density at radius 2 is 2.00 bits per heavy atom. The van der Waals surface area contributed by atoms with Crippen LogP contribution in [0.5, 0.6) is 5.75 Å². The van der Waals surface area contributed by atoms with Crippen molar-refractivity contribution >= 4 is 28.7 Å². The van der Waals surface area contributed by atoms with Gasteiger partial charge in [-0.1, -0.05) is 18.2 Å². The van der Waals surface area contributed by atoms with E-state index in [1.165, 1.54) is 5.56 Å². The number of aliphatic carboxylic acids is 1. The number of nitrogens with zero attached hydrogens (tertiary/aromatic N) is 3. The highest BCUT2D eigenvalue weighted by atomic mass is 16.5. The number of carbonyl (C=O) groups is 2. The number of imidazole rings is 1. The van der Waals surface area contributed by atoms with Gasteiger partial charge >= 0.3 is 5.97 Å². The van der Waals surface area contributed by atoms with E-state index in [1.54, 1.807) is 24.5 Å². The first-order valence-electron chi connectivity index (χ1n) is 12.9. The molecule has 0 radical (unpaired) electrons. The van der Waals surface area contributed by atoms with Crippen LogP contribution in [0.2, 0.25) is 0 Å². The molecule has 1 amide bonds. The summed E-state index contributed by atoms with van der Waals surface area (Å²) >= 11 is 0. The smallest absolute Gasteiger partial charge is 0.326 e. The number of hydrogen-bond donors (Lipinski definition) is 3. The summed E-state index contributed by atoms with van der Waals surface area (Å²) in [5, 5.41) is 15.7. The highest BCUT2D eigenvalue weighted by molar-refractivity contribution is 5.99. The van der Waals surface area contributed by atoms with Gasteiger partial charge in [-0.25, -0.2) is 14.8 Å². The predicted octanol–water partition coefficient (Wildman–Crippen LogP) is 3.76. The molecule has 2 aromatic heterocycles. The zero-order valence-corrected chi connectivity index (χ0v) is 21.3. The predicted molar refractivity (Wildman–Crippen MR) is 145 cm³/mol. The molecule has 9 nitrogen and oxygen atoms in total. The highest BCUT2D eigenvalue weighted by Gasteiger charge is 2.22. The van der Waals surface area contributed by atoms with E-state index in [0.717, 1.165) is 60.3 Å². The third kappa shape index (κ3) is 5.94. The first kappa shape index (κ1) is 25.3. The fourth-order valence-electron chi connectivity index (χ4n) is 4.62. The summed E-state index contributed by atoms with van der Waals surface area (Å²) in [5.41, 5.74) is 5.09. The minimum absolute atomic E-state index is 0.160. The number of amides is 1. The lowest BCUT2D eigenvalue weighted by molar-refractivity contribution is -0.139. The lowest BCUT2D eigenvalue weighted by atomic mass is 10.0. The number of fused-ring (bicyclic) bond motifs is 2. The number of carbonyl (C=O) groups excluding carboxylic acids is 1. The number of benzene rings is 2. The van der Waals surface area contributed by atoms with Gasteiger partial charge < -0.3 is 25.0 Å². The van der Waals surface area contributed by atoms with Crippen LogP contribution in [-0.2, 0) is 31.1 Å². The van der Waals surface area contributed by atoms with E-state index in [1.807, 2.05) is 35.9 Å². The Morgan fingerprint density at radius 1 is 1.16 bits per heavy atom. The Morgan fingerprint density at radius 3 is 2.82 bits per heavy atom. The summed E-state index contributed by atoms with van der Waals surface area (Å²) in [5.74, 6) is 0.195. The van der Waals surface area contributed by atoms with Crippen LogP contribution in [0.25, 0.3) is 11.0 Å². The zero-order valence-electron chi connectivity index (χ0n) is 21.3. The SMILES string of the molecule is Cn1cnc2ccc(C(=O)N[C@@H](Cc3ccc(OCCCc4ccc5c(n4)NCCC5)cc3)C(=O)O)cc21. The molecule has 9 heteroatoms. The van der Waals surface area contributed by atoms with Crippen LogP contribution >= 0.6 is 0 Å². The molecule has 1 aliphatic rings. The number of ether oxygens (including phenoxy) is 1. The van der Waals surface area contributed by atoms with Crippen molar-refractivity contribution in [1.82, 2.24) is 19.9 Å². The maximum atomic E-state index is 12.8. The molecule has 4 aromatic rings. The van der Waals surface area contributed by atoms with E-state index < -0.39 is 17.9 Å². The van der Waals surface area contributed by atoms with Crippen molar-refractivity contribution in [3.8, 4) is 5.75 Å². The number of rotatable bonds is 10. The van der Waals surface area contributed by atoms with Gasteiger partial charge in [-0.3, -0.25) is 4.79 Å². The van der Waals surface area contributed by atoms with E-state index >= 15 is 0 Å². The molecule has 3 N–H and O–H groups in total. The van der Waals surface area contributed by atoms with Gasteiger partial charge in [0.1, 0.15) is 17.6 Å². The van der Waals surface area contributed by atoms with Crippen molar-refractivity contribution in [1.29, 1.82) is 0 Å². The number of aromatic nitrogens is 3. The molecule has 0 unspecified atom stereocenters. The van der Waals surface area contributed by atoms with Crippen molar-refractivity contribution in [2.75, 3.05) is 18.5 Å². The number of carboxylic acids is 1. The second-order valence-electron chi connectivity index (χ2n) is 9.56. The number of pyridine rings is 1. The van der Waals surface area contributed by atoms with Gasteiger partial charge in [0.05, 0.1) is 24.0 Å². The van der Waals surface area contributed by atoms with E-state index in [-0.39, 0.29) is 6.42 Å². The topological polar surface area (TPSA) is 118 Å². The van der Waals surface area contributed by atoms with E-state index in [2.05, 4.69) is 27.8 Å². The first-order chi connectivity index (χ1) is 18.5. The third-order valence-electron chi connectivity index (χ3n) is 6.75. The number of nitrogens with one attached hydrogen (secondary N) is 2. The Labute approximate surface area is 220 Å². The summed E-state index contributed by atoms with van der Waals surface area (Å²) in [7, 11) is 1.84. The van der Waals surface area contributed by atoms with Gasteiger partial charge in [0.25, 0.3) is 5.91 Å². The minimum atomic E-state index is -1.09. The van der Waals surface area contributed by atoms with Gasteiger partial charge in [0, 0.05) is 31.3 Å². The zero-order chi connectivity index (χ0) is 26.5. The first-order valence-corrected chi connectivity index (χ1v) is 12.9. The second-order valence-corrected chi connectivity index (χ2v) is 9.56. The van der Waals surface area contributed by atoms with Gasteiger partial charge in [-0.2, -0.15) is 0 Å². The Balaban J connectivity index is 1.12.